The van der Waals surface area contributed by atoms with E-state index in [1.165, 1.54) is 22.3 Å². The molecule has 0 saturated carbocycles. The fourth-order valence-corrected chi connectivity index (χ4v) is 3.32. The molecule has 3 heteroatoms. The van der Waals surface area contributed by atoms with E-state index in [0.29, 0.717) is 0 Å². The Morgan fingerprint density at radius 1 is 1.15 bits per heavy atom. The lowest BCUT2D eigenvalue weighted by Crippen LogP contribution is -2.24. The summed E-state index contributed by atoms with van der Waals surface area (Å²) in [5.74, 6) is 0.919. The third-order valence-corrected chi connectivity index (χ3v) is 4.47. The number of benzene rings is 1. The first-order valence-corrected chi connectivity index (χ1v) is 8.02. The van der Waals surface area contributed by atoms with E-state index < -0.39 is 0 Å². The summed E-state index contributed by atoms with van der Waals surface area (Å²) in [5, 5.41) is 8.15. The maximum absolute atomic E-state index is 5.31. The summed E-state index contributed by atoms with van der Waals surface area (Å²) in [6.07, 6.45) is 1.13. The largest absolute Gasteiger partial charge is 0.497 e. The monoisotopic (exact) mass is 289 g/mol. The lowest BCUT2D eigenvalue weighted by molar-refractivity contribution is 0.414. The molecule has 0 amide bonds. The maximum Gasteiger partial charge on any atom is 0.119 e. The summed E-state index contributed by atoms with van der Waals surface area (Å²) in [4.78, 5) is 0. The van der Waals surface area contributed by atoms with Gasteiger partial charge in [-0.2, -0.15) is 11.3 Å². The maximum atomic E-state index is 5.31. The van der Waals surface area contributed by atoms with Gasteiger partial charge in [0.1, 0.15) is 5.75 Å². The highest BCUT2D eigenvalue weighted by Crippen LogP contribution is 2.31. The van der Waals surface area contributed by atoms with Crippen LogP contribution in [-0.4, -0.2) is 13.7 Å². The van der Waals surface area contributed by atoms with E-state index in [-0.39, 0.29) is 6.04 Å². The van der Waals surface area contributed by atoms with Crippen molar-refractivity contribution in [3.05, 3.63) is 51.2 Å². The van der Waals surface area contributed by atoms with E-state index in [1.54, 1.807) is 18.4 Å². The first-order chi connectivity index (χ1) is 9.67. The molecule has 1 heterocycles. The van der Waals surface area contributed by atoms with Gasteiger partial charge < -0.3 is 10.1 Å². The molecule has 0 aliphatic heterocycles. The Bertz CT molecular complexity index is 562. The molecule has 1 atom stereocenters. The number of rotatable bonds is 6. The van der Waals surface area contributed by atoms with E-state index in [9.17, 15) is 0 Å². The Balaban J connectivity index is 2.38. The predicted octanol–water partition coefficient (Wildman–Crippen LogP) is 4.46. The van der Waals surface area contributed by atoms with Gasteiger partial charge in [-0.15, -0.1) is 0 Å². The Morgan fingerprint density at radius 3 is 2.50 bits per heavy atom. The minimum absolute atomic E-state index is 0.270. The van der Waals surface area contributed by atoms with Crippen molar-refractivity contribution < 1.29 is 4.74 Å². The van der Waals surface area contributed by atoms with Crippen LogP contribution >= 0.6 is 11.3 Å². The Kier molecular flexibility index (Phi) is 5.21. The zero-order valence-electron chi connectivity index (χ0n) is 12.7. The van der Waals surface area contributed by atoms with Gasteiger partial charge in [0.15, 0.2) is 0 Å². The number of ether oxygens (including phenoxy) is 1. The molecule has 1 unspecified atom stereocenters. The highest BCUT2D eigenvalue weighted by molar-refractivity contribution is 7.08. The molecular formula is C17H23NOS. The van der Waals surface area contributed by atoms with Gasteiger partial charge in [-0.1, -0.05) is 13.0 Å². The minimum atomic E-state index is 0.270. The van der Waals surface area contributed by atoms with Gasteiger partial charge in [-0.25, -0.2) is 0 Å². The minimum Gasteiger partial charge on any atom is -0.497 e. The van der Waals surface area contributed by atoms with Crippen LogP contribution < -0.4 is 10.1 Å². The molecule has 1 N–H and O–H groups in total. The molecule has 0 saturated heterocycles. The van der Waals surface area contributed by atoms with E-state index in [2.05, 4.69) is 49.0 Å². The number of hydrogen-bond donors (Lipinski definition) is 1. The van der Waals surface area contributed by atoms with Gasteiger partial charge in [0.25, 0.3) is 0 Å². The van der Waals surface area contributed by atoms with Crippen molar-refractivity contribution in [1.82, 2.24) is 5.32 Å². The molecule has 20 heavy (non-hydrogen) atoms. The summed E-state index contributed by atoms with van der Waals surface area (Å²) in [6.45, 7) is 7.56. The Hall–Kier alpha value is -1.32. The lowest BCUT2D eigenvalue weighted by atomic mass is 9.94. The average molecular weight is 289 g/mol. The molecule has 2 rings (SSSR count). The van der Waals surface area contributed by atoms with Gasteiger partial charge >= 0.3 is 0 Å². The van der Waals surface area contributed by atoms with Crippen LogP contribution in [0.15, 0.2) is 29.0 Å². The van der Waals surface area contributed by atoms with Crippen LogP contribution in [-0.2, 0) is 0 Å². The number of aryl methyl sites for hydroxylation is 2. The first-order valence-electron chi connectivity index (χ1n) is 7.08. The summed E-state index contributed by atoms with van der Waals surface area (Å²) in [7, 11) is 1.71. The van der Waals surface area contributed by atoms with Crippen LogP contribution in [0.1, 0.15) is 41.6 Å². The van der Waals surface area contributed by atoms with Gasteiger partial charge in [-0.3, -0.25) is 0 Å². The molecule has 2 aromatic rings. The molecule has 0 bridgehead atoms. The van der Waals surface area contributed by atoms with Crippen molar-refractivity contribution in [2.45, 2.75) is 33.2 Å². The third-order valence-electron chi connectivity index (χ3n) is 3.59. The molecule has 0 radical (unpaired) electrons. The van der Waals surface area contributed by atoms with E-state index in [1.807, 2.05) is 6.07 Å². The van der Waals surface area contributed by atoms with E-state index in [4.69, 9.17) is 4.74 Å². The number of thiophene rings is 1. The lowest BCUT2D eigenvalue weighted by Gasteiger charge is -2.22. The second-order valence-corrected chi connectivity index (χ2v) is 5.86. The molecule has 1 aromatic carbocycles. The third kappa shape index (κ3) is 3.22. The Labute approximate surface area is 125 Å². The molecule has 0 fully saturated rings. The molecule has 1 aromatic heterocycles. The highest BCUT2D eigenvalue weighted by Gasteiger charge is 2.18. The van der Waals surface area contributed by atoms with Crippen molar-refractivity contribution in [3.63, 3.8) is 0 Å². The number of methoxy groups -OCH3 is 1. The molecule has 0 aliphatic rings. The van der Waals surface area contributed by atoms with Crippen molar-refractivity contribution in [1.29, 1.82) is 0 Å². The van der Waals surface area contributed by atoms with E-state index >= 15 is 0 Å². The van der Waals surface area contributed by atoms with Crippen LogP contribution in [0.3, 0.4) is 0 Å². The number of nitrogens with one attached hydrogen (secondary N) is 1. The van der Waals surface area contributed by atoms with Crippen molar-refractivity contribution in [3.8, 4) is 5.75 Å². The molecular weight excluding hydrogens is 266 g/mol. The van der Waals surface area contributed by atoms with Crippen LogP contribution in [0.25, 0.3) is 0 Å². The molecule has 2 nitrogen and oxygen atoms in total. The normalized spacial score (nSPS) is 12.4. The Morgan fingerprint density at radius 2 is 1.95 bits per heavy atom. The molecule has 108 valence electrons. The summed E-state index contributed by atoms with van der Waals surface area (Å²) in [5.41, 5.74) is 5.35. The molecule has 0 aliphatic carbocycles. The smallest absolute Gasteiger partial charge is 0.119 e. The van der Waals surface area contributed by atoms with Gasteiger partial charge in [0.05, 0.1) is 13.2 Å². The van der Waals surface area contributed by atoms with Gasteiger partial charge in [0.2, 0.25) is 0 Å². The summed E-state index contributed by atoms with van der Waals surface area (Å²) >= 11 is 1.77. The second-order valence-electron chi connectivity index (χ2n) is 5.12. The van der Waals surface area contributed by atoms with Crippen LogP contribution in [0, 0.1) is 13.8 Å². The second kappa shape index (κ2) is 6.91. The molecule has 0 spiro atoms. The topological polar surface area (TPSA) is 21.3 Å². The van der Waals surface area contributed by atoms with Crippen LogP contribution in [0.5, 0.6) is 5.75 Å². The number of hydrogen-bond acceptors (Lipinski definition) is 3. The predicted molar refractivity (Wildman–Crippen MR) is 86.9 cm³/mol. The average Bonchev–Trinajstić information content (AvgIpc) is 2.87. The van der Waals surface area contributed by atoms with Crippen molar-refractivity contribution >= 4 is 11.3 Å². The zero-order chi connectivity index (χ0) is 14.5. The van der Waals surface area contributed by atoms with Gasteiger partial charge in [0, 0.05) is 0 Å². The van der Waals surface area contributed by atoms with Crippen LogP contribution in [0.2, 0.25) is 0 Å². The first kappa shape index (κ1) is 15.1. The zero-order valence-corrected chi connectivity index (χ0v) is 13.5. The quantitative estimate of drug-likeness (QED) is 0.847. The summed E-state index contributed by atoms with van der Waals surface area (Å²) in [6, 6.07) is 6.60. The SMILES string of the molecule is CCCNC(c1ccc(OC)cc1C)c1cscc1C. The van der Waals surface area contributed by atoms with E-state index in [0.717, 1.165) is 18.7 Å². The fourth-order valence-electron chi connectivity index (χ4n) is 2.44. The summed E-state index contributed by atoms with van der Waals surface area (Å²) < 4.78 is 5.31. The standard InChI is InChI=1S/C17H23NOS/c1-5-8-18-17(16-11-20-10-13(16)3)15-7-6-14(19-4)9-12(15)2/h6-7,9-11,17-18H,5,8H2,1-4H3. The van der Waals surface area contributed by atoms with Crippen molar-refractivity contribution in [2.75, 3.05) is 13.7 Å². The van der Waals surface area contributed by atoms with Gasteiger partial charge in [-0.05, 0) is 72.0 Å². The fraction of sp³-hybridized carbons (Fsp3) is 0.412. The van der Waals surface area contributed by atoms with Crippen LogP contribution in [0.4, 0.5) is 0 Å². The van der Waals surface area contributed by atoms with Crippen molar-refractivity contribution in [2.24, 2.45) is 0 Å². The highest BCUT2D eigenvalue weighted by atomic mass is 32.1.